The highest BCUT2D eigenvalue weighted by Gasteiger charge is 2.03. The minimum atomic E-state index is 0.957. The molecule has 0 amide bonds. The van der Waals surface area contributed by atoms with Crippen LogP contribution >= 0.6 is 0 Å². The molecule has 0 unspecified atom stereocenters. The van der Waals surface area contributed by atoms with E-state index < -0.39 is 0 Å². The SMILES string of the molecule is Cc1ccc(-c2cc3ccccn3n2)cn1. The molecule has 3 rings (SSSR count). The smallest absolute Gasteiger partial charge is 0.0949 e. The second-order valence-corrected chi connectivity index (χ2v) is 3.79. The monoisotopic (exact) mass is 209 g/mol. The van der Waals surface area contributed by atoms with E-state index in [1.165, 1.54) is 0 Å². The van der Waals surface area contributed by atoms with E-state index in [2.05, 4.69) is 16.1 Å². The van der Waals surface area contributed by atoms with E-state index in [0.29, 0.717) is 0 Å². The topological polar surface area (TPSA) is 30.2 Å². The highest BCUT2D eigenvalue weighted by molar-refractivity contribution is 5.65. The number of aromatic nitrogens is 3. The summed E-state index contributed by atoms with van der Waals surface area (Å²) in [6, 6.07) is 12.1. The van der Waals surface area contributed by atoms with Crippen LogP contribution in [-0.2, 0) is 0 Å². The third-order valence-electron chi connectivity index (χ3n) is 2.58. The standard InChI is InChI=1S/C13H11N3/c1-10-5-6-11(9-14-10)13-8-12-4-2-3-7-16(12)15-13/h2-9H,1H3. The van der Waals surface area contributed by atoms with E-state index in [1.54, 1.807) is 0 Å². The maximum atomic E-state index is 4.49. The van der Waals surface area contributed by atoms with Crippen molar-refractivity contribution in [2.24, 2.45) is 0 Å². The highest BCUT2D eigenvalue weighted by Crippen LogP contribution is 2.18. The molecule has 3 nitrogen and oxygen atoms in total. The molecule has 0 N–H and O–H groups in total. The zero-order valence-electron chi connectivity index (χ0n) is 8.96. The Hall–Kier alpha value is -2.16. The zero-order valence-corrected chi connectivity index (χ0v) is 8.96. The predicted octanol–water partition coefficient (Wildman–Crippen LogP) is 2.70. The van der Waals surface area contributed by atoms with Crippen molar-refractivity contribution in [2.45, 2.75) is 6.92 Å². The molecule has 78 valence electrons. The van der Waals surface area contributed by atoms with E-state index in [4.69, 9.17) is 0 Å². The van der Waals surface area contributed by atoms with Crippen LogP contribution in [0.3, 0.4) is 0 Å². The van der Waals surface area contributed by atoms with Gasteiger partial charge in [-0.25, -0.2) is 4.52 Å². The molecule has 3 heterocycles. The van der Waals surface area contributed by atoms with Gasteiger partial charge in [0.05, 0.1) is 11.2 Å². The van der Waals surface area contributed by atoms with Crippen molar-refractivity contribution in [3.05, 3.63) is 54.5 Å². The Morgan fingerprint density at radius 2 is 2.06 bits per heavy atom. The second-order valence-electron chi connectivity index (χ2n) is 3.79. The third kappa shape index (κ3) is 1.46. The molecule has 0 saturated carbocycles. The number of rotatable bonds is 1. The first-order valence-corrected chi connectivity index (χ1v) is 5.20. The number of hydrogen-bond donors (Lipinski definition) is 0. The summed E-state index contributed by atoms with van der Waals surface area (Å²) >= 11 is 0. The van der Waals surface area contributed by atoms with Gasteiger partial charge in [0.25, 0.3) is 0 Å². The van der Waals surface area contributed by atoms with Crippen molar-refractivity contribution in [2.75, 3.05) is 0 Å². The van der Waals surface area contributed by atoms with Crippen LogP contribution in [0.25, 0.3) is 16.8 Å². The maximum absolute atomic E-state index is 4.49. The van der Waals surface area contributed by atoms with Gasteiger partial charge in [0.2, 0.25) is 0 Å². The molecule has 0 saturated heterocycles. The molecule has 0 radical (unpaired) electrons. The maximum Gasteiger partial charge on any atom is 0.0949 e. The van der Waals surface area contributed by atoms with Crippen molar-refractivity contribution in [3.63, 3.8) is 0 Å². The van der Waals surface area contributed by atoms with Gasteiger partial charge in [-0.05, 0) is 37.3 Å². The van der Waals surface area contributed by atoms with Gasteiger partial charge in [-0.1, -0.05) is 6.07 Å². The molecule has 3 aromatic heterocycles. The van der Waals surface area contributed by atoms with Crippen molar-refractivity contribution >= 4 is 5.52 Å². The summed E-state index contributed by atoms with van der Waals surface area (Å²) in [5.41, 5.74) is 4.12. The Labute approximate surface area is 93.4 Å². The summed E-state index contributed by atoms with van der Waals surface area (Å²) in [4.78, 5) is 4.28. The fourth-order valence-corrected chi connectivity index (χ4v) is 1.70. The van der Waals surface area contributed by atoms with Gasteiger partial charge in [0.15, 0.2) is 0 Å². The Morgan fingerprint density at radius 3 is 2.81 bits per heavy atom. The first kappa shape index (κ1) is 9.09. The van der Waals surface area contributed by atoms with Crippen molar-refractivity contribution < 1.29 is 0 Å². The summed E-state index contributed by atoms with van der Waals surface area (Å²) in [6.07, 6.45) is 3.80. The lowest BCUT2D eigenvalue weighted by Gasteiger charge is -1.95. The number of fused-ring (bicyclic) bond motifs is 1. The molecule has 16 heavy (non-hydrogen) atoms. The van der Waals surface area contributed by atoms with Gasteiger partial charge in [-0.15, -0.1) is 0 Å². The Balaban J connectivity index is 2.15. The number of nitrogens with zero attached hydrogens (tertiary/aromatic N) is 3. The average molecular weight is 209 g/mol. The second kappa shape index (κ2) is 3.45. The van der Waals surface area contributed by atoms with Crippen LogP contribution in [0.2, 0.25) is 0 Å². The van der Waals surface area contributed by atoms with Crippen LogP contribution in [0, 0.1) is 6.92 Å². The van der Waals surface area contributed by atoms with Crippen LogP contribution in [-0.4, -0.2) is 14.6 Å². The van der Waals surface area contributed by atoms with Gasteiger partial charge >= 0.3 is 0 Å². The van der Waals surface area contributed by atoms with Crippen LogP contribution in [0.4, 0.5) is 0 Å². The van der Waals surface area contributed by atoms with Crippen LogP contribution < -0.4 is 0 Å². The number of pyridine rings is 2. The van der Waals surface area contributed by atoms with Crippen molar-refractivity contribution in [1.82, 2.24) is 14.6 Å². The molecule has 0 aliphatic carbocycles. The Bertz CT molecular complexity index is 590. The molecular formula is C13H11N3. The Kier molecular flexibility index (Phi) is 1.96. The van der Waals surface area contributed by atoms with Gasteiger partial charge < -0.3 is 0 Å². The van der Waals surface area contributed by atoms with Gasteiger partial charge in [0, 0.05) is 23.7 Å². The first-order valence-electron chi connectivity index (χ1n) is 5.20. The van der Waals surface area contributed by atoms with Gasteiger partial charge in [-0.2, -0.15) is 5.10 Å². The fraction of sp³-hybridized carbons (Fsp3) is 0.0769. The van der Waals surface area contributed by atoms with Gasteiger partial charge in [0.1, 0.15) is 0 Å². The molecule has 0 atom stereocenters. The fourth-order valence-electron chi connectivity index (χ4n) is 1.70. The minimum absolute atomic E-state index is 0.957. The van der Waals surface area contributed by atoms with Crippen molar-refractivity contribution in [1.29, 1.82) is 0 Å². The van der Waals surface area contributed by atoms with Gasteiger partial charge in [-0.3, -0.25) is 4.98 Å². The summed E-state index contributed by atoms with van der Waals surface area (Å²) in [5, 5.41) is 4.49. The molecule has 3 aromatic rings. The molecule has 3 heteroatoms. The lowest BCUT2D eigenvalue weighted by Crippen LogP contribution is -1.86. The summed E-state index contributed by atoms with van der Waals surface area (Å²) in [6.45, 7) is 1.98. The van der Waals surface area contributed by atoms with E-state index in [0.717, 1.165) is 22.5 Å². The zero-order chi connectivity index (χ0) is 11.0. The molecule has 0 spiro atoms. The summed E-state index contributed by atoms with van der Waals surface area (Å²) < 4.78 is 1.87. The Morgan fingerprint density at radius 1 is 1.12 bits per heavy atom. The minimum Gasteiger partial charge on any atom is -0.261 e. The molecule has 0 aliphatic heterocycles. The van der Waals surface area contributed by atoms with E-state index in [9.17, 15) is 0 Å². The van der Waals surface area contributed by atoms with E-state index in [-0.39, 0.29) is 0 Å². The molecule has 0 bridgehead atoms. The first-order chi connectivity index (χ1) is 7.83. The number of aryl methyl sites for hydroxylation is 1. The van der Waals surface area contributed by atoms with Crippen LogP contribution in [0.5, 0.6) is 0 Å². The molecule has 0 aliphatic rings. The third-order valence-corrected chi connectivity index (χ3v) is 2.58. The van der Waals surface area contributed by atoms with Crippen molar-refractivity contribution in [3.8, 4) is 11.3 Å². The molecule has 0 aromatic carbocycles. The van der Waals surface area contributed by atoms with E-state index in [1.807, 2.05) is 54.2 Å². The largest absolute Gasteiger partial charge is 0.261 e. The lowest BCUT2D eigenvalue weighted by molar-refractivity contribution is 0.964. The lowest BCUT2D eigenvalue weighted by atomic mass is 10.2. The quantitative estimate of drug-likeness (QED) is 0.616. The predicted molar refractivity (Wildman–Crippen MR) is 63.2 cm³/mol. The average Bonchev–Trinajstić information content (AvgIpc) is 2.73. The molecule has 0 fully saturated rings. The summed E-state index contributed by atoms with van der Waals surface area (Å²) in [5.74, 6) is 0. The number of hydrogen-bond acceptors (Lipinski definition) is 2. The molecular weight excluding hydrogens is 198 g/mol. The van der Waals surface area contributed by atoms with Crippen LogP contribution in [0.15, 0.2) is 48.8 Å². The normalized spacial score (nSPS) is 10.8. The highest BCUT2D eigenvalue weighted by atomic mass is 15.2. The van der Waals surface area contributed by atoms with Crippen LogP contribution in [0.1, 0.15) is 5.69 Å². The van der Waals surface area contributed by atoms with E-state index >= 15 is 0 Å². The summed E-state index contributed by atoms with van der Waals surface area (Å²) in [7, 11) is 0.